The van der Waals surface area contributed by atoms with Gasteiger partial charge in [-0.2, -0.15) is 0 Å². The highest BCUT2D eigenvalue weighted by molar-refractivity contribution is 5.50. The van der Waals surface area contributed by atoms with Gasteiger partial charge in [-0.15, -0.1) is 0 Å². The molecular formula is C19H25NO4. The van der Waals surface area contributed by atoms with Gasteiger partial charge in [0.25, 0.3) is 0 Å². The lowest BCUT2D eigenvalue weighted by atomic mass is 9.69. The number of fused-ring (bicyclic) bond motifs is 1. The number of rotatable bonds is 3. The van der Waals surface area contributed by atoms with E-state index in [1.54, 1.807) is 14.2 Å². The predicted molar refractivity (Wildman–Crippen MR) is 90.4 cm³/mol. The maximum atomic E-state index is 5.93. The Morgan fingerprint density at radius 1 is 1.00 bits per heavy atom. The summed E-state index contributed by atoms with van der Waals surface area (Å²) in [6.45, 7) is 2.39. The van der Waals surface area contributed by atoms with E-state index in [-0.39, 0.29) is 5.41 Å². The molecule has 2 aliphatic heterocycles. The summed E-state index contributed by atoms with van der Waals surface area (Å²) in [6.07, 6.45) is 5.21. The molecule has 2 saturated heterocycles. The lowest BCUT2D eigenvalue weighted by Crippen LogP contribution is -2.40. The number of benzene rings is 1. The monoisotopic (exact) mass is 331 g/mol. The van der Waals surface area contributed by atoms with E-state index in [0.29, 0.717) is 13.2 Å². The molecule has 1 aromatic rings. The van der Waals surface area contributed by atoms with Crippen LogP contribution in [0.5, 0.6) is 11.5 Å². The molecule has 0 saturated carbocycles. The highest BCUT2D eigenvalue weighted by Gasteiger charge is 2.51. The Labute approximate surface area is 143 Å². The maximum absolute atomic E-state index is 5.93. The number of nitrogens with zero attached hydrogens (tertiary/aromatic N) is 1. The van der Waals surface area contributed by atoms with Crippen molar-refractivity contribution < 1.29 is 18.9 Å². The molecule has 0 radical (unpaired) electrons. The Kier molecular flexibility index (Phi) is 3.73. The molecule has 1 atom stereocenters. The van der Waals surface area contributed by atoms with Crippen molar-refractivity contribution in [3.05, 3.63) is 35.5 Å². The van der Waals surface area contributed by atoms with Crippen molar-refractivity contribution in [2.75, 3.05) is 41.0 Å². The van der Waals surface area contributed by atoms with Gasteiger partial charge in [0.15, 0.2) is 17.3 Å². The van der Waals surface area contributed by atoms with Gasteiger partial charge in [0.2, 0.25) is 0 Å². The first-order valence-electron chi connectivity index (χ1n) is 8.57. The van der Waals surface area contributed by atoms with Crippen molar-refractivity contribution >= 4 is 0 Å². The molecule has 5 nitrogen and oxygen atoms in total. The number of hydrogen-bond acceptors (Lipinski definition) is 5. The average molecular weight is 331 g/mol. The standard InChI is InChI=1S/C19H25NO4/c1-20-9-8-18(14-4-5-15(21-2)16(12-14)22-3)6-7-19(13-17(18)20)23-10-11-24-19/h4-5,12-13H,6-11H2,1-3H3. The van der Waals surface area contributed by atoms with Crippen molar-refractivity contribution in [1.82, 2.24) is 4.90 Å². The van der Waals surface area contributed by atoms with Crippen LogP contribution < -0.4 is 9.47 Å². The molecule has 5 heteroatoms. The van der Waals surface area contributed by atoms with E-state index >= 15 is 0 Å². The molecular weight excluding hydrogens is 306 g/mol. The van der Waals surface area contributed by atoms with Gasteiger partial charge in [-0.3, -0.25) is 0 Å². The molecule has 24 heavy (non-hydrogen) atoms. The molecule has 1 unspecified atom stereocenters. The first-order valence-corrected chi connectivity index (χ1v) is 8.57. The molecule has 1 aliphatic carbocycles. The molecule has 2 heterocycles. The zero-order valence-corrected chi connectivity index (χ0v) is 14.6. The van der Waals surface area contributed by atoms with Gasteiger partial charge in [0.05, 0.1) is 27.4 Å². The van der Waals surface area contributed by atoms with Crippen molar-refractivity contribution in [2.45, 2.75) is 30.5 Å². The number of ether oxygens (including phenoxy) is 4. The van der Waals surface area contributed by atoms with E-state index in [1.165, 1.54) is 11.3 Å². The van der Waals surface area contributed by atoms with Crippen molar-refractivity contribution in [1.29, 1.82) is 0 Å². The summed E-state index contributed by atoms with van der Waals surface area (Å²) in [6, 6.07) is 6.30. The van der Waals surface area contributed by atoms with E-state index in [4.69, 9.17) is 18.9 Å². The predicted octanol–water partition coefficient (Wildman–Crippen LogP) is 2.70. The van der Waals surface area contributed by atoms with E-state index < -0.39 is 5.79 Å². The number of likely N-dealkylation sites (N-methyl/N-ethyl adjacent to an activating group) is 1. The topological polar surface area (TPSA) is 40.2 Å². The third-order valence-electron chi connectivity index (χ3n) is 5.74. The molecule has 0 amide bonds. The van der Waals surface area contributed by atoms with Crippen molar-refractivity contribution in [3.63, 3.8) is 0 Å². The Morgan fingerprint density at radius 2 is 1.75 bits per heavy atom. The summed E-state index contributed by atoms with van der Waals surface area (Å²) in [5.74, 6) is 1.03. The SMILES string of the molecule is COc1ccc(C23CCN(C)C2=CC2(CC3)OCCO2)cc1OC. The van der Waals surface area contributed by atoms with Crippen molar-refractivity contribution in [3.8, 4) is 11.5 Å². The van der Waals surface area contributed by atoms with Gasteiger partial charge >= 0.3 is 0 Å². The van der Waals surface area contributed by atoms with E-state index in [9.17, 15) is 0 Å². The van der Waals surface area contributed by atoms with Crippen LogP contribution in [0.4, 0.5) is 0 Å². The second kappa shape index (κ2) is 5.67. The van der Waals surface area contributed by atoms with Crippen LogP contribution in [0.1, 0.15) is 24.8 Å². The summed E-state index contributed by atoms with van der Waals surface area (Å²) in [5, 5.41) is 0. The molecule has 3 aliphatic rings. The second-order valence-corrected chi connectivity index (χ2v) is 6.86. The summed E-state index contributed by atoms with van der Waals surface area (Å²) >= 11 is 0. The number of likely N-dealkylation sites (tertiary alicyclic amines) is 1. The molecule has 130 valence electrons. The first kappa shape index (κ1) is 15.8. The minimum absolute atomic E-state index is 0.00879. The van der Waals surface area contributed by atoms with Crippen LogP contribution in [-0.4, -0.2) is 51.7 Å². The van der Waals surface area contributed by atoms with Crippen molar-refractivity contribution in [2.24, 2.45) is 0 Å². The molecule has 0 aromatic heterocycles. The minimum Gasteiger partial charge on any atom is -0.493 e. The zero-order valence-electron chi connectivity index (χ0n) is 14.6. The summed E-state index contributed by atoms with van der Waals surface area (Å²) in [7, 11) is 5.51. The molecule has 0 N–H and O–H groups in total. The third-order valence-corrected chi connectivity index (χ3v) is 5.74. The van der Waals surface area contributed by atoms with Gasteiger partial charge in [-0.05, 0) is 36.6 Å². The second-order valence-electron chi connectivity index (χ2n) is 6.86. The summed E-state index contributed by atoms with van der Waals surface area (Å²) in [4.78, 5) is 2.34. The highest BCUT2D eigenvalue weighted by atomic mass is 16.7. The molecule has 0 bridgehead atoms. The van der Waals surface area contributed by atoms with Gasteiger partial charge in [0, 0.05) is 31.1 Å². The van der Waals surface area contributed by atoms with Crippen LogP contribution in [0.2, 0.25) is 0 Å². The van der Waals surface area contributed by atoms with Gasteiger partial charge in [-0.1, -0.05) is 6.07 Å². The Morgan fingerprint density at radius 3 is 2.46 bits per heavy atom. The quantitative estimate of drug-likeness (QED) is 0.852. The van der Waals surface area contributed by atoms with E-state index in [2.05, 4.69) is 30.2 Å². The zero-order chi connectivity index (χ0) is 16.8. The van der Waals surface area contributed by atoms with E-state index in [1.807, 2.05) is 6.07 Å². The molecule has 4 rings (SSSR count). The smallest absolute Gasteiger partial charge is 0.190 e. The number of hydrogen-bond donors (Lipinski definition) is 0. The Bertz CT molecular complexity index is 665. The van der Waals surface area contributed by atoms with Crippen LogP contribution in [0.25, 0.3) is 0 Å². The van der Waals surface area contributed by atoms with Gasteiger partial charge < -0.3 is 23.8 Å². The fourth-order valence-corrected chi connectivity index (χ4v) is 4.41. The molecule has 2 fully saturated rings. The minimum atomic E-state index is -0.520. The Balaban J connectivity index is 1.79. The van der Waals surface area contributed by atoms with Crippen LogP contribution in [0.15, 0.2) is 30.0 Å². The average Bonchev–Trinajstić information content (AvgIpc) is 3.21. The van der Waals surface area contributed by atoms with Crippen LogP contribution >= 0.6 is 0 Å². The maximum Gasteiger partial charge on any atom is 0.190 e. The molecule has 1 aromatic carbocycles. The van der Waals surface area contributed by atoms with Crippen LogP contribution in [0, 0.1) is 0 Å². The number of allylic oxidation sites excluding steroid dienone is 1. The lowest BCUT2D eigenvalue weighted by molar-refractivity contribution is -0.130. The largest absolute Gasteiger partial charge is 0.493 e. The molecule has 1 spiro atoms. The van der Waals surface area contributed by atoms with Gasteiger partial charge in [-0.25, -0.2) is 0 Å². The first-order chi connectivity index (χ1) is 11.6. The highest BCUT2D eigenvalue weighted by Crippen LogP contribution is 2.53. The fraction of sp³-hybridized carbons (Fsp3) is 0.579. The number of methoxy groups -OCH3 is 2. The third kappa shape index (κ3) is 2.22. The normalized spacial score (nSPS) is 28.0. The summed E-state index contributed by atoms with van der Waals surface area (Å²) < 4.78 is 22.8. The van der Waals surface area contributed by atoms with Crippen LogP contribution in [-0.2, 0) is 14.9 Å². The fourth-order valence-electron chi connectivity index (χ4n) is 4.41. The Hall–Kier alpha value is -1.72. The van der Waals surface area contributed by atoms with Crippen LogP contribution in [0.3, 0.4) is 0 Å². The summed E-state index contributed by atoms with van der Waals surface area (Å²) in [5.41, 5.74) is 2.60. The van der Waals surface area contributed by atoms with Gasteiger partial charge in [0.1, 0.15) is 0 Å². The van der Waals surface area contributed by atoms with E-state index in [0.717, 1.165) is 37.3 Å². The lowest BCUT2D eigenvalue weighted by Gasteiger charge is -2.41.